The SMILES string of the molecule is O=C(Cn1nc(C(F)F)c2c1C(F)(F)C1CC21)NC(Cc1cc(F)cc(F)c1)c1ncccc1-c1ccc(OCC2CC2)cc1. The first-order chi connectivity index (χ1) is 21.6. The Labute approximate surface area is 254 Å². The predicted octanol–water partition coefficient (Wildman–Crippen LogP) is 7.26. The number of carbonyl (C=O) groups excluding carboxylic acids is 1. The molecule has 2 saturated carbocycles. The summed E-state index contributed by atoms with van der Waals surface area (Å²) in [7, 11) is 0. The summed E-state index contributed by atoms with van der Waals surface area (Å²) < 4.78 is 92.5. The van der Waals surface area contributed by atoms with Gasteiger partial charge in [-0.15, -0.1) is 0 Å². The molecular weight excluding hydrogens is 598 g/mol. The van der Waals surface area contributed by atoms with Gasteiger partial charge < -0.3 is 10.1 Å². The fraction of sp³-hybridized carbons (Fsp3) is 0.364. The first-order valence-electron chi connectivity index (χ1n) is 14.8. The number of amides is 1. The average molecular weight is 627 g/mol. The number of pyridine rings is 1. The van der Waals surface area contributed by atoms with E-state index in [9.17, 15) is 22.4 Å². The highest BCUT2D eigenvalue weighted by Gasteiger charge is 2.67. The molecule has 234 valence electrons. The number of benzene rings is 2. The minimum absolute atomic E-state index is 0.0972. The van der Waals surface area contributed by atoms with Crippen molar-refractivity contribution in [2.75, 3.05) is 6.61 Å². The van der Waals surface area contributed by atoms with Gasteiger partial charge in [0.25, 0.3) is 12.3 Å². The summed E-state index contributed by atoms with van der Waals surface area (Å²) in [6.07, 6.45) is 0.722. The summed E-state index contributed by atoms with van der Waals surface area (Å²) in [5.74, 6) is -6.33. The molecule has 4 aromatic rings. The molecule has 3 atom stereocenters. The molecule has 6 nitrogen and oxygen atoms in total. The van der Waals surface area contributed by atoms with Crippen molar-refractivity contribution in [2.24, 2.45) is 11.8 Å². The zero-order chi connectivity index (χ0) is 31.5. The molecule has 0 spiro atoms. The lowest BCUT2D eigenvalue weighted by Gasteiger charge is -2.22. The van der Waals surface area contributed by atoms with Crippen LogP contribution in [0.5, 0.6) is 5.75 Å². The number of halogens is 6. The number of nitrogens with one attached hydrogen (secondary N) is 1. The Morgan fingerprint density at radius 2 is 1.78 bits per heavy atom. The van der Waals surface area contributed by atoms with Gasteiger partial charge in [-0.25, -0.2) is 17.6 Å². The highest BCUT2D eigenvalue weighted by atomic mass is 19.3. The second kappa shape index (κ2) is 11.2. The molecule has 0 saturated heterocycles. The number of hydrogen-bond acceptors (Lipinski definition) is 4. The van der Waals surface area contributed by atoms with Gasteiger partial charge in [-0.05, 0) is 79.0 Å². The van der Waals surface area contributed by atoms with Crippen molar-refractivity contribution in [1.82, 2.24) is 20.1 Å². The lowest BCUT2D eigenvalue weighted by Crippen LogP contribution is -2.35. The van der Waals surface area contributed by atoms with Gasteiger partial charge in [-0.1, -0.05) is 18.2 Å². The first-order valence-corrected chi connectivity index (χ1v) is 14.8. The molecule has 3 aliphatic rings. The molecular formula is C33H28F6N4O2. The Morgan fingerprint density at radius 1 is 1.04 bits per heavy atom. The Morgan fingerprint density at radius 3 is 2.47 bits per heavy atom. The number of ether oxygens (including phenoxy) is 1. The summed E-state index contributed by atoms with van der Waals surface area (Å²) in [6.45, 7) is -0.116. The van der Waals surface area contributed by atoms with Gasteiger partial charge in [0.2, 0.25) is 5.91 Å². The molecule has 0 radical (unpaired) electrons. The van der Waals surface area contributed by atoms with Crippen molar-refractivity contribution in [3.05, 3.63) is 101 Å². The summed E-state index contributed by atoms with van der Waals surface area (Å²) >= 11 is 0. The number of nitrogens with zero attached hydrogens (tertiary/aromatic N) is 3. The van der Waals surface area contributed by atoms with Gasteiger partial charge in [0.1, 0.15) is 35.3 Å². The maximum absolute atomic E-state index is 15.1. The van der Waals surface area contributed by atoms with Crippen LogP contribution in [0, 0.1) is 23.5 Å². The minimum Gasteiger partial charge on any atom is -0.493 e. The fourth-order valence-electron chi connectivity index (χ4n) is 6.30. The molecule has 2 fully saturated rings. The molecule has 3 aliphatic carbocycles. The van der Waals surface area contributed by atoms with Gasteiger partial charge in [-0.3, -0.25) is 14.5 Å². The molecule has 12 heteroatoms. The average Bonchev–Trinajstić information content (AvgIpc) is 3.92. The topological polar surface area (TPSA) is 69.0 Å². The third kappa shape index (κ3) is 5.78. The van der Waals surface area contributed by atoms with Gasteiger partial charge in [0, 0.05) is 29.3 Å². The molecule has 2 aromatic carbocycles. The van der Waals surface area contributed by atoms with Crippen LogP contribution in [-0.4, -0.2) is 27.3 Å². The number of alkyl halides is 4. The van der Waals surface area contributed by atoms with E-state index >= 15 is 8.78 Å². The molecule has 3 unspecified atom stereocenters. The standard InChI is InChI=1S/C33H28F6N4O2/c34-20-10-18(11-21(35)13-20)12-26(29-23(2-1-9-40-29)19-5-7-22(8-6-19)45-16-17-3-4-17)41-27(44)15-43-31-28(30(42-43)32(36)37)24-14-25(24)33(31,38)39/h1-2,5-11,13,17,24-26,32H,3-4,12,14-16H2,(H,41,44). The summed E-state index contributed by atoms with van der Waals surface area (Å²) in [5, 5.41) is 6.48. The van der Waals surface area contributed by atoms with Crippen molar-refractivity contribution in [2.45, 2.75) is 56.5 Å². The van der Waals surface area contributed by atoms with E-state index in [-0.39, 0.29) is 24.0 Å². The third-order valence-electron chi connectivity index (χ3n) is 8.67. The van der Waals surface area contributed by atoms with Crippen LogP contribution in [-0.2, 0) is 23.7 Å². The van der Waals surface area contributed by atoms with Crippen LogP contribution < -0.4 is 10.1 Å². The number of fused-ring (bicyclic) bond motifs is 3. The van der Waals surface area contributed by atoms with Crippen molar-refractivity contribution in [3.8, 4) is 16.9 Å². The second-order valence-electron chi connectivity index (χ2n) is 12.0. The maximum Gasteiger partial charge on any atom is 0.293 e. The van der Waals surface area contributed by atoms with Crippen LogP contribution in [0.3, 0.4) is 0 Å². The van der Waals surface area contributed by atoms with Gasteiger partial charge in [0.05, 0.1) is 18.3 Å². The van der Waals surface area contributed by atoms with Crippen LogP contribution in [0.4, 0.5) is 26.3 Å². The normalized spacial score (nSPS) is 20.1. The largest absolute Gasteiger partial charge is 0.493 e. The summed E-state index contributed by atoms with van der Waals surface area (Å²) in [4.78, 5) is 17.9. The highest BCUT2D eigenvalue weighted by molar-refractivity contribution is 5.77. The van der Waals surface area contributed by atoms with Crippen molar-refractivity contribution in [1.29, 1.82) is 0 Å². The number of aromatic nitrogens is 3. The Bertz CT molecular complexity index is 1730. The number of carbonyl (C=O) groups is 1. The van der Waals surface area contributed by atoms with Crippen LogP contribution in [0.2, 0.25) is 0 Å². The summed E-state index contributed by atoms with van der Waals surface area (Å²) in [6, 6.07) is 12.7. The van der Waals surface area contributed by atoms with Gasteiger partial charge in [0.15, 0.2) is 0 Å². The van der Waals surface area contributed by atoms with E-state index in [0.29, 0.717) is 34.2 Å². The monoisotopic (exact) mass is 626 g/mol. The minimum atomic E-state index is -3.39. The van der Waals surface area contributed by atoms with Crippen LogP contribution in [0.25, 0.3) is 11.1 Å². The maximum atomic E-state index is 15.1. The molecule has 7 rings (SSSR count). The van der Waals surface area contributed by atoms with E-state index in [1.165, 1.54) is 6.20 Å². The van der Waals surface area contributed by atoms with E-state index < -0.39 is 65.7 Å². The third-order valence-corrected chi connectivity index (χ3v) is 8.67. The Balaban J connectivity index is 1.19. The molecule has 0 aliphatic heterocycles. The van der Waals surface area contributed by atoms with E-state index in [1.54, 1.807) is 12.1 Å². The van der Waals surface area contributed by atoms with Gasteiger partial charge >= 0.3 is 0 Å². The van der Waals surface area contributed by atoms with Crippen LogP contribution in [0.1, 0.15) is 65.9 Å². The number of hydrogen-bond donors (Lipinski definition) is 1. The van der Waals surface area contributed by atoms with Crippen molar-refractivity contribution >= 4 is 5.91 Å². The second-order valence-corrected chi connectivity index (χ2v) is 12.0. The lowest BCUT2D eigenvalue weighted by molar-refractivity contribution is -0.123. The smallest absolute Gasteiger partial charge is 0.293 e. The quantitative estimate of drug-likeness (QED) is 0.178. The zero-order valence-electron chi connectivity index (χ0n) is 23.8. The highest BCUT2D eigenvalue weighted by Crippen LogP contribution is 2.68. The predicted molar refractivity (Wildman–Crippen MR) is 151 cm³/mol. The van der Waals surface area contributed by atoms with E-state index in [0.717, 1.165) is 36.6 Å². The molecule has 2 heterocycles. The number of rotatable bonds is 11. The molecule has 45 heavy (non-hydrogen) atoms. The van der Waals surface area contributed by atoms with Crippen LogP contribution in [0.15, 0.2) is 60.8 Å². The summed E-state index contributed by atoms with van der Waals surface area (Å²) in [5.41, 5.74) is 0.354. The lowest BCUT2D eigenvalue weighted by atomic mass is 9.95. The van der Waals surface area contributed by atoms with E-state index in [2.05, 4.69) is 15.4 Å². The van der Waals surface area contributed by atoms with Crippen molar-refractivity contribution in [3.63, 3.8) is 0 Å². The van der Waals surface area contributed by atoms with Gasteiger partial charge in [-0.2, -0.15) is 13.9 Å². The molecule has 1 N–H and O–H groups in total. The van der Waals surface area contributed by atoms with E-state index in [4.69, 9.17) is 4.74 Å². The Kier molecular flexibility index (Phi) is 7.32. The molecule has 1 amide bonds. The van der Waals surface area contributed by atoms with Crippen LogP contribution >= 0.6 is 0 Å². The van der Waals surface area contributed by atoms with E-state index in [1.807, 2.05) is 24.3 Å². The first kappa shape index (κ1) is 29.4. The molecule has 2 aromatic heterocycles. The Hall–Kier alpha value is -4.35. The van der Waals surface area contributed by atoms with Crippen molar-refractivity contribution < 1.29 is 35.9 Å². The zero-order valence-corrected chi connectivity index (χ0v) is 23.8. The fourth-order valence-corrected chi connectivity index (χ4v) is 6.30. The molecule has 0 bridgehead atoms.